The van der Waals surface area contributed by atoms with Crippen LogP contribution in [0, 0.1) is 0 Å². The summed E-state index contributed by atoms with van der Waals surface area (Å²) in [4.78, 5) is 13.0. The number of carbonyl (C=O) groups is 1. The summed E-state index contributed by atoms with van der Waals surface area (Å²) in [6, 6.07) is 0.0655. The van der Waals surface area contributed by atoms with Crippen LogP contribution in [0.15, 0.2) is 0 Å². The van der Waals surface area contributed by atoms with Gasteiger partial charge in [0.1, 0.15) is 6.04 Å². The van der Waals surface area contributed by atoms with E-state index in [1.54, 1.807) is 11.8 Å². The minimum Gasteiger partial charge on any atom is -0.480 e. The fraction of sp³-hybridized carbons (Fsp3) is 0.909. The molecular weight excluding hydrogens is 210 g/mol. The highest BCUT2D eigenvalue weighted by atomic mass is 32.2. The van der Waals surface area contributed by atoms with Crippen LogP contribution in [0.3, 0.4) is 0 Å². The second kappa shape index (κ2) is 7.12. The summed E-state index contributed by atoms with van der Waals surface area (Å²) in [6.45, 7) is 9.02. The molecule has 1 aliphatic heterocycles. The molecule has 1 N–H and O–H groups in total. The van der Waals surface area contributed by atoms with Crippen molar-refractivity contribution in [3.05, 3.63) is 0 Å². The van der Waals surface area contributed by atoms with Gasteiger partial charge < -0.3 is 5.11 Å². The molecule has 2 unspecified atom stereocenters. The van der Waals surface area contributed by atoms with Crippen molar-refractivity contribution in [2.24, 2.45) is 0 Å². The van der Waals surface area contributed by atoms with Crippen LogP contribution < -0.4 is 0 Å². The highest BCUT2D eigenvalue weighted by Gasteiger charge is 2.37. The van der Waals surface area contributed by atoms with Gasteiger partial charge in [-0.3, -0.25) is 9.69 Å². The molecule has 0 aromatic heterocycles. The lowest BCUT2D eigenvalue weighted by molar-refractivity contribution is -0.142. The zero-order valence-electron chi connectivity index (χ0n) is 10.4. The molecule has 0 amide bonds. The molecule has 2 atom stereocenters. The van der Waals surface area contributed by atoms with E-state index in [0.717, 1.165) is 13.0 Å². The topological polar surface area (TPSA) is 40.5 Å². The van der Waals surface area contributed by atoms with Crippen molar-refractivity contribution in [3.63, 3.8) is 0 Å². The summed E-state index contributed by atoms with van der Waals surface area (Å²) in [5, 5.41) is 9.48. The first kappa shape index (κ1) is 14.8. The third-order valence-electron chi connectivity index (χ3n) is 2.58. The van der Waals surface area contributed by atoms with E-state index in [-0.39, 0.29) is 6.04 Å². The molecule has 15 heavy (non-hydrogen) atoms. The highest BCUT2D eigenvalue weighted by molar-refractivity contribution is 7.99. The third-order valence-corrected chi connectivity index (χ3v) is 3.59. The second-order valence-corrected chi connectivity index (χ2v) is 4.88. The minimum atomic E-state index is -0.676. The first-order chi connectivity index (χ1) is 7.06. The molecule has 1 aliphatic rings. The molecule has 0 spiro atoms. The molecule has 0 saturated carbocycles. The molecule has 4 heteroatoms. The summed E-state index contributed by atoms with van der Waals surface area (Å²) >= 11 is 1.77. The Morgan fingerprint density at radius 1 is 1.47 bits per heavy atom. The van der Waals surface area contributed by atoms with Gasteiger partial charge in [0.2, 0.25) is 0 Å². The largest absolute Gasteiger partial charge is 0.480 e. The van der Waals surface area contributed by atoms with Crippen molar-refractivity contribution in [3.8, 4) is 0 Å². The first-order valence-electron chi connectivity index (χ1n) is 5.57. The summed E-state index contributed by atoms with van der Waals surface area (Å²) in [5.41, 5.74) is 0. The number of hydrogen-bond donors (Lipinski definition) is 1. The Hall–Kier alpha value is -0.220. The number of hydrogen-bond acceptors (Lipinski definition) is 3. The van der Waals surface area contributed by atoms with Crippen LogP contribution in [0.5, 0.6) is 0 Å². The van der Waals surface area contributed by atoms with Gasteiger partial charge >= 0.3 is 5.97 Å². The number of carboxylic acid groups (broad SMARTS) is 1. The quantitative estimate of drug-likeness (QED) is 0.812. The standard InChI is InChI=1S/C9H17NO2S.C2H6/c1-6(2)10-5-7(13-3)4-8(10)9(11)12;1-2/h6-8H,4-5H2,1-3H3,(H,11,12);1-2H3. The Morgan fingerprint density at radius 3 is 2.27 bits per heavy atom. The first-order valence-corrected chi connectivity index (χ1v) is 6.86. The van der Waals surface area contributed by atoms with E-state index < -0.39 is 5.97 Å². The van der Waals surface area contributed by atoms with Gasteiger partial charge in [0, 0.05) is 17.8 Å². The number of nitrogens with zero attached hydrogens (tertiary/aromatic N) is 1. The minimum absolute atomic E-state index is 0.266. The number of carboxylic acids is 1. The Balaban J connectivity index is 0.000000921. The fourth-order valence-corrected chi connectivity index (χ4v) is 2.50. The van der Waals surface area contributed by atoms with Gasteiger partial charge in [0.15, 0.2) is 0 Å². The van der Waals surface area contributed by atoms with Crippen LogP contribution in [0.4, 0.5) is 0 Å². The van der Waals surface area contributed by atoms with Gasteiger partial charge in [-0.2, -0.15) is 11.8 Å². The number of rotatable bonds is 3. The van der Waals surface area contributed by atoms with Crippen molar-refractivity contribution in [2.75, 3.05) is 12.8 Å². The van der Waals surface area contributed by atoms with Crippen LogP contribution in [0.1, 0.15) is 34.1 Å². The monoisotopic (exact) mass is 233 g/mol. The average Bonchev–Trinajstić information content (AvgIpc) is 2.64. The van der Waals surface area contributed by atoms with E-state index in [2.05, 4.69) is 18.7 Å². The number of aliphatic carboxylic acids is 1. The summed E-state index contributed by atoms with van der Waals surface area (Å²) < 4.78 is 0. The van der Waals surface area contributed by atoms with Gasteiger partial charge in [0.05, 0.1) is 0 Å². The number of thioether (sulfide) groups is 1. The SMILES string of the molecule is CC.CSC1CC(C(=O)O)N(C(C)C)C1. The van der Waals surface area contributed by atoms with E-state index in [1.807, 2.05) is 20.1 Å². The zero-order valence-corrected chi connectivity index (χ0v) is 11.2. The molecular formula is C11H23NO2S. The molecule has 1 saturated heterocycles. The average molecular weight is 233 g/mol. The molecule has 3 nitrogen and oxygen atoms in total. The molecule has 90 valence electrons. The van der Waals surface area contributed by atoms with Gasteiger partial charge in [-0.1, -0.05) is 13.8 Å². The molecule has 0 bridgehead atoms. The van der Waals surface area contributed by atoms with Crippen molar-refractivity contribution >= 4 is 17.7 Å². The summed E-state index contributed by atoms with van der Waals surface area (Å²) in [5.74, 6) is -0.676. The van der Waals surface area contributed by atoms with Crippen LogP contribution in [0.25, 0.3) is 0 Å². The Bertz CT molecular complexity index is 197. The maximum absolute atomic E-state index is 10.9. The lowest BCUT2D eigenvalue weighted by atomic mass is 10.2. The summed E-state index contributed by atoms with van der Waals surface area (Å²) in [7, 11) is 0. The second-order valence-electron chi connectivity index (χ2n) is 3.74. The van der Waals surface area contributed by atoms with Crippen LogP contribution in [0.2, 0.25) is 0 Å². The van der Waals surface area contributed by atoms with Crippen molar-refractivity contribution in [1.29, 1.82) is 0 Å². The van der Waals surface area contributed by atoms with E-state index in [1.165, 1.54) is 0 Å². The third kappa shape index (κ3) is 4.03. The lowest BCUT2D eigenvalue weighted by Gasteiger charge is -2.24. The molecule has 0 aromatic rings. The predicted molar refractivity (Wildman–Crippen MR) is 66.5 cm³/mol. The normalized spacial score (nSPS) is 26.3. The maximum atomic E-state index is 10.9. The smallest absolute Gasteiger partial charge is 0.320 e. The molecule has 1 heterocycles. The van der Waals surface area contributed by atoms with E-state index >= 15 is 0 Å². The lowest BCUT2D eigenvalue weighted by Crippen LogP contribution is -2.40. The molecule has 1 fully saturated rings. The number of likely N-dealkylation sites (tertiary alicyclic amines) is 1. The van der Waals surface area contributed by atoms with Gasteiger partial charge in [-0.15, -0.1) is 0 Å². The highest BCUT2D eigenvalue weighted by Crippen LogP contribution is 2.27. The van der Waals surface area contributed by atoms with Gasteiger partial charge in [0.25, 0.3) is 0 Å². The predicted octanol–water partition coefficient (Wildman–Crippen LogP) is 2.31. The Kier molecular flexibility index (Phi) is 7.02. The van der Waals surface area contributed by atoms with E-state index in [0.29, 0.717) is 11.3 Å². The van der Waals surface area contributed by atoms with Crippen LogP contribution >= 0.6 is 11.8 Å². The molecule has 0 aromatic carbocycles. The van der Waals surface area contributed by atoms with Crippen molar-refractivity contribution in [2.45, 2.75) is 51.4 Å². The zero-order chi connectivity index (χ0) is 12.0. The van der Waals surface area contributed by atoms with Gasteiger partial charge in [-0.25, -0.2) is 0 Å². The van der Waals surface area contributed by atoms with E-state index in [4.69, 9.17) is 5.11 Å². The van der Waals surface area contributed by atoms with E-state index in [9.17, 15) is 4.79 Å². The summed E-state index contributed by atoms with van der Waals surface area (Å²) in [6.07, 6.45) is 2.84. The van der Waals surface area contributed by atoms with Crippen molar-refractivity contribution in [1.82, 2.24) is 4.90 Å². The molecule has 0 radical (unpaired) electrons. The van der Waals surface area contributed by atoms with Crippen LogP contribution in [-0.4, -0.2) is 46.1 Å². The maximum Gasteiger partial charge on any atom is 0.320 e. The van der Waals surface area contributed by atoms with Gasteiger partial charge in [-0.05, 0) is 26.5 Å². The Labute approximate surface area is 97.2 Å². The van der Waals surface area contributed by atoms with Crippen molar-refractivity contribution < 1.29 is 9.90 Å². The molecule has 0 aliphatic carbocycles. The van der Waals surface area contributed by atoms with Crippen LogP contribution in [-0.2, 0) is 4.79 Å². The fourth-order valence-electron chi connectivity index (χ4n) is 1.81. The molecule has 1 rings (SSSR count). The Morgan fingerprint density at radius 2 is 2.00 bits per heavy atom.